The third-order valence-corrected chi connectivity index (χ3v) is 5.52. The summed E-state index contributed by atoms with van der Waals surface area (Å²) in [5, 5.41) is 0.537. The summed E-state index contributed by atoms with van der Waals surface area (Å²) in [6.45, 7) is -0.320. The number of carbonyl (C=O) groups is 3. The highest BCUT2D eigenvalue weighted by Crippen LogP contribution is 2.57. The molecule has 1 aliphatic heterocycles. The number of halogens is 1. The SMILES string of the molecule is O=C(COC(=O)[C@@H]1[C@@H]2C[C@@H]3[C@@H]1C(=O)O[C@H]3C2)c1ccc(Cl)cc1. The van der Waals surface area contributed by atoms with E-state index in [9.17, 15) is 14.4 Å². The number of ketones is 1. The van der Waals surface area contributed by atoms with Crippen LogP contribution in [0.15, 0.2) is 24.3 Å². The van der Waals surface area contributed by atoms with Crippen LogP contribution in [0.3, 0.4) is 0 Å². The van der Waals surface area contributed by atoms with E-state index in [1.165, 1.54) is 0 Å². The van der Waals surface area contributed by atoms with Gasteiger partial charge < -0.3 is 9.47 Å². The zero-order valence-corrected chi connectivity index (χ0v) is 13.0. The molecular formula is C17H15ClO5. The summed E-state index contributed by atoms with van der Waals surface area (Å²) in [5.74, 6) is -1.57. The van der Waals surface area contributed by atoms with Crippen LogP contribution >= 0.6 is 11.6 Å². The number of hydrogen-bond donors (Lipinski definition) is 0. The summed E-state index contributed by atoms with van der Waals surface area (Å²) in [6.07, 6.45) is 1.56. The van der Waals surface area contributed by atoms with Crippen molar-refractivity contribution < 1.29 is 23.9 Å². The van der Waals surface area contributed by atoms with Crippen molar-refractivity contribution in [1.82, 2.24) is 0 Å². The van der Waals surface area contributed by atoms with Crippen molar-refractivity contribution >= 4 is 29.3 Å². The van der Waals surface area contributed by atoms with Gasteiger partial charge in [0.2, 0.25) is 0 Å². The highest BCUT2D eigenvalue weighted by atomic mass is 35.5. The van der Waals surface area contributed by atoms with Crippen molar-refractivity contribution in [3.8, 4) is 0 Å². The van der Waals surface area contributed by atoms with Gasteiger partial charge in [-0.3, -0.25) is 14.4 Å². The van der Waals surface area contributed by atoms with E-state index in [0.29, 0.717) is 10.6 Å². The summed E-state index contributed by atoms with van der Waals surface area (Å²) in [6, 6.07) is 6.41. The van der Waals surface area contributed by atoms with Crippen LogP contribution in [0.4, 0.5) is 0 Å². The van der Waals surface area contributed by atoms with Crippen LogP contribution in [0.25, 0.3) is 0 Å². The van der Waals surface area contributed by atoms with Gasteiger partial charge in [-0.2, -0.15) is 0 Å². The highest BCUT2D eigenvalue weighted by molar-refractivity contribution is 6.30. The summed E-state index contributed by atoms with van der Waals surface area (Å²) in [4.78, 5) is 36.3. The molecular weight excluding hydrogens is 320 g/mol. The number of ether oxygens (including phenoxy) is 2. The molecule has 5 nitrogen and oxygen atoms in total. The van der Waals surface area contributed by atoms with Gasteiger partial charge in [0.05, 0.1) is 11.8 Å². The van der Waals surface area contributed by atoms with E-state index in [-0.39, 0.29) is 42.2 Å². The molecule has 0 aromatic heterocycles. The molecule has 0 unspecified atom stereocenters. The molecule has 120 valence electrons. The van der Waals surface area contributed by atoms with E-state index < -0.39 is 11.9 Å². The van der Waals surface area contributed by atoms with E-state index >= 15 is 0 Å². The van der Waals surface area contributed by atoms with Crippen molar-refractivity contribution in [3.63, 3.8) is 0 Å². The second kappa shape index (κ2) is 5.34. The van der Waals surface area contributed by atoms with Gasteiger partial charge in [-0.15, -0.1) is 0 Å². The smallest absolute Gasteiger partial charge is 0.310 e. The van der Waals surface area contributed by atoms with Crippen LogP contribution in [-0.2, 0) is 19.1 Å². The van der Waals surface area contributed by atoms with Crippen molar-refractivity contribution in [2.45, 2.75) is 18.9 Å². The fourth-order valence-electron chi connectivity index (χ4n) is 4.28. The molecule has 1 aromatic rings. The Bertz CT molecular complexity index is 681. The van der Waals surface area contributed by atoms with Gasteiger partial charge in [0.15, 0.2) is 12.4 Å². The molecule has 2 bridgehead atoms. The number of rotatable bonds is 4. The summed E-state index contributed by atoms with van der Waals surface area (Å²) < 4.78 is 10.5. The number of hydrogen-bond acceptors (Lipinski definition) is 5. The van der Waals surface area contributed by atoms with Gasteiger partial charge in [-0.05, 0) is 43.0 Å². The van der Waals surface area contributed by atoms with Gasteiger partial charge in [0.1, 0.15) is 6.10 Å². The van der Waals surface area contributed by atoms with E-state index in [1.54, 1.807) is 24.3 Å². The van der Waals surface area contributed by atoms with Gasteiger partial charge in [-0.25, -0.2) is 0 Å². The lowest BCUT2D eigenvalue weighted by molar-refractivity contribution is -0.154. The summed E-state index contributed by atoms with van der Waals surface area (Å²) >= 11 is 5.78. The molecule has 1 saturated heterocycles. The number of benzene rings is 1. The molecule has 23 heavy (non-hydrogen) atoms. The molecule has 3 fully saturated rings. The maximum atomic E-state index is 12.4. The van der Waals surface area contributed by atoms with Crippen molar-refractivity contribution in [2.75, 3.05) is 6.61 Å². The topological polar surface area (TPSA) is 69.7 Å². The van der Waals surface area contributed by atoms with Gasteiger partial charge in [-0.1, -0.05) is 11.6 Å². The van der Waals surface area contributed by atoms with Crippen molar-refractivity contribution in [3.05, 3.63) is 34.9 Å². The van der Waals surface area contributed by atoms with E-state index in [1.807, 2.05) is 0 Å². The Morgan fingerprint density at radius 2 is 1.96 bits per heavy atom. The monoisotopic (exact) mass is 334 g/mol. The summed E-state index contributed by atoms with van der Waals surface area (Å²) in [5.41, 5.74) is 0.440. The zero-order chi connectivity index (χ0) is 16.1. The molecule has 4 rings (SSSR count). The Balaban J connectivity index is 1.40. The van der Waals surface area contributed by atoms with Gasteiger partial charge >= 0.3 is 11.9 Å². The highest BCUT2D eigenvalue weighted by Gasteiger charge is 2.64. The van der Waals surface area contributed by atoms with E-state index in [4.69, 9.17) is 21.1 Å². The number of fused-ring (bicyclic) bond motifs is 1. The third-order valence-electron chi connectivity index (χ3n) is 5.27. The average molecular weight is 335 g/mol. The fraction of sp³-hybridized carbons (Fsp3) is 0.471. The molecule has 1 heterocycles. The molecule has 0 radical (unpaired) electrons. The Kier molecular flexibility index (Phi) is 3.41. The molecule has 0 N–H and O–H groups in total. The molecule has 2 aliphatic carbocycles. The van der Waals surface area contributed by atoms with Crippen LogP contribution in [0.5, 0.6) is 0 Å². The standard InChI is InChI=1S/C17H15ClO5/c18-10-3-1-8(2-4-10)12(19)7-22-16(20)14-9-5-11-13(6-9)23-17(21)15(11)14/h1-4,9,11,13-15H,5-7H2/t9-,11+,13+,14-,15+/m1/s1. The minimum absolute atomic E-state index is 0.0164. The second-order valence-corrected chi connectivity index (χ2v) is 6.90. The first-order valence-corrected chi connectivity index (χ1v) is 8.08. The number of esters is 2. The zero-order valence-electron chi connectivity index (χ0n) is 12.2. The Labute approximate surface area is 137 Å². The lowest BCUT2D eigenvalue weighted by Gasteiger charge is -2.22. The predicted octanol–water partition coefficient (Wildman–Crippen LogP) is 2.26. The molecule has 0 spiro atoms. The third kappa shape index (κ3) is 2.34. The molecule has 3 aliphatic rings. The lowest BCUT2D eigenvalue weighted by atomic mass is 9.80. The average Bonchev–Trinajstić information content (AvgIpc) is 3.14. The first-order chi connectivity index (χ1) is 11.0. The Morgan fingerprint density at radius 1 is 1.22 bits per heavy atom. The van der Waals surface area contributed by atoms with Crippen LogP contribution in [0.1, 0.15) is 23.2 Å². The molecule has 6 heteroatoms. The minimum Gasteiger partial charge on any atom is -0.462 e. The van der Waals surface area contributed by atoms with E-state index in [2.05, 4.69) is 0 Å². The first kappa shape index (κ1) is 14.7. The van der Waals surface area contributed by atoms with E-state index in [0.717, 1.165) is 12.8 Å². The van der Waals surface area contributed by atoms with Crippen LogP contribution < -0.4 is 0 Å². The number of carbonyl (C=O) groups excluding carboxylic acids is 3. The van der Waals surface area contributed by atoms with Crippen LogP contribution in [-0.4, -0.2) is 30.4 Å². The van der Waals surface area contributed by atoms with Crippen molar-refractivity contribution in [2.24, 2.45) is 23.7 Å². The molecule has 2 saturated carbocycles. The maximum Gasteiger partial charge on any atom is 0.310 e. The fourth-order valence-corrected chi connectivity index (χ4v) is 4.40. The minimum atomic E-state index is -0.456. The maximum absolute atomic E-state index is 12.4. The Hall–Kier alpha value is -1.88. The first-order valence-electron chi connectivity index (χ1n) is 7.70. The lowest BCUT2D eigenvalue weighted by Crippen LogP contribution is -2.34. The molecule has 5 atom stereocenters. The molecule has 1 aromatic carbocycles. The van der Waals surface area contributed by atoms with Gasteiger partial charge in [0, 0.05) is 16.5 Å². The largest absolute Gasteiger partial charge is 0.462 e. The van der Waals surface area contributed by atoms with Gasteiger partial charge in [0.25, 0.3) is 0 Å². The van der Waals surface area contributed by atoms with Crippen molar-refractivity contribution in [1.29, 1.82) is 0 Å². The molecule has 0 amide bonds. The second-order valence-electron chi connectivity index (χ2n) is 6.46. The predicted molar refractivity (Wildman–Crippen MR) is 79.8 cm³/mol. The van der Waals surface area contributed by atoms with Crippen LogP contribution in [0, 0.1) is 23.7 Å². The Morgan fingerprint density at radius 3 is 2.70 bits per heavy atom. The summed E-state index contributed by atoms with van der Waals surface area (Å²) in [7, 11) is 0. The normalized spacial score (nSPS) is 33.6. The quantitative estimate of drug-likeness (QED) is 0.624. The van der Waals surface area contributed by atoms with Crippen LogP contribution in [0.2, 0.25) is 5.02 Å². The number of Topliss-reactive ketones (excluding diaryl/α,β-unsaturated/α-hetero) is 1.